The van der Waals surface area contributed by atoms with Crippen LogP contribution < -0.4 is 10.6 Å². The van der Waals surface area contributed by atoms with Crippen LogP contribution in [0.5, 0.6) is 0 Å². The average Bonchev–Trinajstić information content (AvgIpc) is 2.56. The number of hydrogen-bond donors (Lipinski definition) is 2. The van der Waals surface area contributed by atoms with Crippen molar-refractivity contribution in [1.82, 2.24) is 5.32 Å². The molecule has 0 aliphatic heterocycles. The van der Waals surface area contributed by atoms with E-state index in [0.717, 1.165) is 6.20 Å². The van der Waals surface area contributed by atoms with Gasteiger partial charge in [0.1, 0.15) is 6.07 Å². The molecule has 0 aliphatic rings. The van der Waals surface area contributed by atoms with Crippen molar-refractivity contribution >= 4 is 40.8 Å². The summed E-state index contributed by atoms with van der Waals surface area (Å²) in [6.07, 6.45) is 1.81. The fourth-order valence-electron chi connectivity index (χ4n) is 1.67. The number of ether oxygens (including phenoxy) is 1. The van der Waals surface area contributed by atoms with E-state index in [1.807, 2.05) is 6.92 Å². The van der Waals surface area contributed by atoms with Crippen molar-refractivity contribution in [1.29, 1.82) is 5.26 Å². The molecule has 24 heavy (non-hydrogen) atoms. The van der Waals surface area contributed by atoms with Gasteiger partial charge in [-0.3, -0.25) is 4.79 Å². The van der Waals surface area contributed by atoms with E-state index in [2.05, 4.69) is 10.6 Å². The number of benzene rings is 1. The van der Waals surface area contributed by atoms with Gasteiger partial charge in [0.15, 0.2) is 5.57 Å². The van der Waals surface area contributed by atoms with E-state index in [-0.39, 0.29) is 33.7 Å². The first-order valence-electron chi connectivity index (χ1n) is 7.25. The molecule has 1 rings (SSSR count). The van der Waals surface area contributed by atoms with Gasteiger partial charge in [0.25, 0.3) is 5.91 Å². The maximum Gasteiger partial charge on any atom is 0.350 e. The van der Waals surface area contributed by atoms with E-state index >= 15 is 0 Å². The number of amides is 1. The highest BCUT2D eigenvalue weighted by molar-refractivity contribution is 6.38. The molecule has 0 atom stereocenters. The van der Waals surface area contributed by atoms with Gasteiger partial charge in [-0.1, -0.05) is 30.1 Å². The minimum Gasteiger partial charge on any atom is -0.462 e. The van der Waals surface area contributed by atoms with Crippen molar-refractivity contribution in [3.63, 3.8) is 0 Å². The number of anilines is 1. The first-order chi connectivity index (χ1) is 11.4. The molecule has 0 unspecified atom stereocenters. The lowest BCUT2D eigenvalue weighted by Crippen LogP contribution is -2.23. The molecule has 128 valence electrons. The minimum absolute atomic E-state index is 0.126. The van der Waals surface area contributed by atoms with Gasteiger partial charge in [-0.2, -0.15) is 5.26 Å². The molecular formula is C16H17Cl2N3O3. The van der Waals surface area contributed by atoms with Crippen LogP contribution in [-0.4, -0.2) is 25.0 Å². The molecular weight excluding hydrogens is 353 g/mol. The fraction of sp³-hybridized carbons (Fsp3) is 0.312. The van der Waals surface area contributed by atoms with Gasteiger partial charge in [-0.25, -0.2) is 4.79 Å². The van der Waals surface area contributed by atoms with Crippen molar-refractivity contribution in [3.05, 3.63) is 39.5 Å². The van der Waals surface area contributed by atoms with Gasteiger partial charge < -0.3 is 15.4 Å². The number of esters is 1. The summed E-state index contributed by atoms with van der Waals surface area (Å²) in [6, 6.07) is 4.66. The molecule has 0 spiro atoms. The lowest BCUT2D eigenvalue weighted by Gasteiger charge is -2.11. The van der Waals surface area contributed by atoms with Crippen molar-refractivity contribution in [2.24, 2.45) is 0 Å². The zero-order chi connectivity index (χ0) is 18.1. The Morgan fingerprint density at radius 2 is 2.04 bits per heavy atom. The number of hydrogen-bond acceptors (Lipinski definition) is 5. The third kappa shape index (κ3) is 5.44. The van der Waals surface area contributed by atoms with Gasteiger partial charge >= 0.3 is 5.97 Å². The van der Waals surface area contributed by atoms with Crippen LogP contribution in [-0.2, 0) is 9.53 Å². The van der Waals surface area contributed by atoms with Crippen molar-refractivity contribution in [2.45, 2.75) is 20.3 Å². The van der Waals surface area contributed by atoms with Crippen LogP contribution in [0.1, 0.15) is 30.6 Å². The summed E-state index contributed by atoms with van der Waals surface area (Å²) in [5.41, 5.74) is 0.259. The average molecular weight is 370 g/mol. The number of carbonyl (C=O) groups excluding carboxylic acids is 2. The Morgan fingerprint density at radius 1 is 1.33 bits per heavy atom. The van der Waals surface area contributed by atoms with Gasteiger partial charge in [0.2, 0.25) is 0 Å². The highest BCUT2D eigenvalue weighted by Crippen LogP contribution is 2.30. The molecule has 1 amide bonds. The lowest BCUT2D eigenvalue weighted by atomic mass is 10.1. The molecule has 1 aromatic rings. The zero-order valence-corrected chi connectivity index (χ0v) is 14.8. The van der Waals surface area contributed by atoms with Crippen molar-refractivity contribution in [3.8, 4) is 6.07 Å². The van der Waals surface area contributed by atoms with Gasteiger partial charge in [-0.15, -0.1) is 0 Å². The molecule has 0 radical (unpaired) electrons. The molecule has 6 nitrogen and oxygen atoms in total. The van der Waals surface area contributed by atoms with Gasteiger partial charge in [-0.05, 0) is 25.5 Å². The van der Waals surface area contributed by atoms with Gasteiger partial charge in [0, 0.05) is 17.8 Å². The molecule has 0 saturated carbocycles. The Kier molecular flexibility index (Phi) is 8.10. The largest absolute Gasteiger partial charge is 0.462 e. The minimum atomic E-state index is -0.742. The normalized spacial score (nSPS) is 10.7. The van der Waals surface area contributed by atoms with Crippen LogP contribution in [0.15, 0.2) is 23.9 Å². The number of nitriles is 1. The molecule has 0 heterocycles. The highest BCUT2D eigenvalue weighted by atomic mass is 35.5. The Labute approximate surface area is 150 Å². The molecule has 8 heteroatoms. The van der Waals surface area contributed by atoms with E-state index in [0.29, 0.717) is 18.7 Å². The predicted molar refractivity (Wildman–Crippen MR) is 93.0 cm³/mol. The van der Waals surface area contributed by atoms with Crippen LogP contribution in [0.2, 0.25) is 10.0 Å². The first-order valence-corrected chi connectivity index (χ1v) is 8.01. The first kappa shape index (κ1) is 19.8. The summed E-state index contributed by atoms with van der Waals surface area (Å²) in [7, 11) is 0. The smallest absolute Gasteiger partial charge is 0.350 e. The number of carbonyl (C=O) groups is 2. The summed E-state index contributed by atoms with van der Waals surface area (Å²) in [5.74, 6) is -1.12. The van der Waals surface area contributed by atoms with Crippen LogP contribution in [0, 0.1) is 11.3 Å². The summed E-state index contributed by atoms with van der Waals surface area (Å²) in [5, 5.41) is 14.8. The van der Waals surface area contributed by atoms with E-state index in [1.165, 1.54) is 12.1 Å². The van der Waals surface area contributed by atoms with Crippen LogP contribution >= 0.6 is 23.2 Å². The van der Waals surface area contributed by atoms with Crippen LogP contribution in [0.3, 0.4) is 0 Å². The summed E-state index contributed by atoms with van der Waals surface area (Å²) < 4.78 is 4.89. The third-order valence-electron chi connectivity index (χ3n) is 2.77. The highest BCUT2D eigenvalue weighted by Gasteiger charge is 2.15. The van der Waals surface area contributed by atoms with E-state index < -0.39 is 5.97 Å². The van der Waals surface area contributed by atoms with Crippen molar-refractivity contribution < 1.29 is 14.3 Å². The van der Waals surface area contributed by atoms with Crippen LogP contribution in [0.4, 0.5) is 5.69 Å². The molecule has 2 N–H and O–H groups in total. The monoisotopic (exact) mass is 369 g/mol. The Balaban J connectivity index is 3.06. The Morgan fingerprint density at radius 3 is 2.62 bits per heavy atom. The van der Waals surface area contributed by atoms with E-state index in [9.17, 15) is 9.59 Å². The van der Waals surface area contributed by atoms with Crippen LogP contribution in [0.25, 0.3) is 0 Å². The second-order valence-electron chi connectivity index (χ2n) is 4.62. The SMILES string of the molecule is CCCOC(=O)C(C#N)=CNc1cc(Cl)cc(C(=O)NCC)c1Cl. The van der Waals surface area contributed by atoms with Gasteiger partial charge in [0.05, 0.1) is 22.9 Å². The predicted octanol–water partition coefficient (Wildman–Crippen LogP) is 3.52. The second kappa shape index (κ2) is 9.81. The lowest BCUT2D eigenvalue weighted by molar-refractivity contribution is -0.138. The van der Waals surface area contributed by atoms with Crippen molar-refractivity contribution in [2.75, 3.05) is 18.5 Å². The Bertz CT molecular complexity index is 697. The molecule has 0 aliphatic carbocycles. The number of rotatable bonds is 7. The second-order valence-corrected chi connectivity index (χ2v) is 5.44. The maximum absolute atomic E-state index is 12.0. The van der Waals surface area contributed by atoms with E-state index in [4.69, 9.17) is 33.2 Å². The summed E-state index contributed by atoms with van der Waals surface area (Å²) >= 11 is 12.2. The number of nitrogens with one attached hydrogen (secondary N) is 2. The maximum atomic E-state index is 12.0. The molecule has 0 fully saturated rings. The summed E-state index contributed by atoms with van der Waals surface area (Å²) in [6.45, 7) is 4.28. The van der Waals surface area contributed by atoms with E-state index in [1.54, 1.807) is 13.0 Å². The molecule has 0 bridgehead atoms. The Hall–Kier alpha value is -2.23. The summed E-state index contributed by atoms with van der Waals surface area (Å²) in [4.78, 5) is 23.7. The zero-order valence-electron chi connectivity index (χ0n) is 13.3. The molecule has 1 aromatic carbocycles. The standard InChI is InChI=1S/C16H17Cl2N3O3/c1-3-5-24-16(23)10(8-19)9-21-13-7-11(17)6-12(14(13)18)15(22)20-4-2/h6-7,9,21H,3-5H2,1-2H3,(H,20,22). The third-order valence-corrected chi connectivity index (χ3v) is 3.39. The number of halogens is 2. The quantitative estimate of drug-likeness (QED) is 0.435. The molecule has 0 aromatic heterocycles. The number of nitrogens with zero attached hydrogens (tertiary/aromatic N) is 1. The topological polar surface area (TPSA) is 91.2 Å². The molecule has 0 saturated heterocycles. The fourth-order valence-corrected chi connectivity index (χ4v) is 2.14.